The molecule has 1 aromatic rings. The van der Waals surface area contributed by atoms with Crippen LogP contribution in [0.3, 0.4) is 0 Å². The number of aliphatic hydroxyl groups excluding tert-OH is 1. The fourth-order valence-corrected chi connectivity index (χ4v) is 1.96. The molecule has 0 fully saturated rings. The van der Waals surface area contributed by atoms with Gasteiger partial charge in [-0.1, -0.05) is 18.2 Å². The van der Waals surface area contributed by atoms with E-state index in [0.29, 0.717) is 10.6 Å². The second kappa shape index (κ2) is 3.39. The third kappa shape index (κ3) is 1.83. The largest absolute Gasteiger partial charge is 0.383 e. The van der Waals surface area contributed by atoms with E-state index in [0.717, 1.165) is 4.88 Å². The predicted molar refractivity (Wildman–Crippen MR) is 49.1 cm³/mol. The van der Waals surface area contributed by atoms with E-state index in [2.05, 4.69) is 6.58 Å². The molecule has 1 heterocycles. The van der Waals surface area contributed by atoms with Crippen LogP contribution in [0.2, 0.25) is 5.02 Å². The third-order valence-electron chi connectivity index (χ3n) is 1.36. The highest BCUT2D eigenvalue weighted by Crippen LogP contribution is 2.31. The summed E-state index contributed by atoms with van der Waals surface area (Å²) in [6, 6.07) is 1.77. The number of aliphatic hydroxyl groups is 1. The first-order valence-corrected chi connectivity index (χ1v) is 4.45. The summed E-state index contributed by atoms with van der Waals surface area (Å²) in [4.78, 5) is 0.777. The second-order valence-electron chi connectivity index (χ2n) is 2.38. The van der Waals surface area contributed by atoms with Crippen molar-refractivity contribution in [1.29, 1.82) is 0 Å². The molecule has 0 aliphatic heterocycles. The van der Waals surface area contributed by atoms with Gasteiger partial charge < -0.3 is 5.11 Å². The standard InChI is InChI=1S/C8H9ClOS/c1-5(2)7(10)8-6(9)3-4-11-8/h3-4,7,10H,1H2,2H3. The van der Waals surface area contributed by atoms with Crippen LogP contribution in [0, 0.1) is 0 Å². The maximum Gasteiger partial charge on any atom is 0.110 e. The lowest BCUT2D eigenvalue weighted by molar-refractivity contribution is 0.220. The van der Waals surface area contributed by atoms with E-state index in [4.69, 9.17) is 11.6 Å². The molecule has 60 valence electrons. The molecule has 1 N–H and O–H groups in total. The Bertz CT molecular complexity index is 267. The van der Waals surface area contributed by atoms with Gasteiger partial charge in [0.25, 0.3) is 0 Å². The quantitative estimate of drug-likeness (QED) is 0.708. The molecule has 0 saturated heterocycles. The van der Waals surface area contributed by atoms with Crippen LogP contribution in [0.1, 0.15) is 17.9 Å². The summed E-state index contributed by atoms with van der Waals surface area (Å²) in [5.41, 5.74) is 0.717. The molecular weight excluding hydrogens is 180 g/mol. The first-order valence-electron chi connectivity index (χ1n) is 3.19. The van der Waals surface area contributed by atoms with Gasteiger partial charge in [-0.15, -0.1) is 11.3 Å². The van der Waals surface area contributed by atoms with Gasteiger partial charge in [0.05, 0.1) is 9.90 Å². The molecule has 0 bridgehead atoms. The van der Waals surface area contributed by atoms with E-state index in [9.17, 15) is 5.11 Å². The van der Waals surface area contributed by atoms with Gasteiger partial charge in [0.2, 0.25) is 0 Å². The van der Waals surface area contributed by atoms with Crippen LogP contribution in [0.5, 0.6) is 0 Å². The maximum absolute atomic E-state index is 9.49. The average molecular weight is 189 g/mol. The fourth-order valence-electron chi connectivity index (χ4n) is 0.724. The first kappa shape index (κ1) is 8.78. The molecule has 0 spiro atoms. The fraction of sp³-hybridized carbons (Fsp3) is 0.250. The van der Waals surface area contributed by atoms with Crippen molar-refractivity contribution in [3.63, 3.8) is 0 Å². The van der Waals surface area contributed by atoms with Crippen molar-refractivity contribution in [2.24, 2.45) is 0 Å². The van der Waals surface area contributed by atoms with Gasteiger partial charge in [-0.3, -0.25) is 0 Å². The van der Waals surface area contributed by atoms with Gasteiger partial charge in [-0.05, 0) is 23.9 Å². The summed E-state index contributed by atoms with van der Waals surface area (Å²) in [6.45, 7) is 5.43. The zero-order chi connectivity index (χ0) is 8.43. The van der Waals surface area contributed by atoms with E-state index in [1.165, 1.54) is 11.3 Å². The smallest absolute Gasteiger partial charge is 0.110 e. The number of hydrogen-bond acceptors (Lipinski definition) is 2. The van der Waals surface area contributed by atoms with Crippen LogP contribution >= 0.6 is 22.9 Å². The van der Waals surface area contributed by atoms with Crippen LogP contribution in [-0.4, -0.2) is 5.11 Å². The lowest BCUT2D eigenvalue weighted by atomic mass is 10.2. The minimum atomic E-state index is -0.609. The zero-order valence-corrected chi connectivity index (χ0v) is 7.75. The third-order valence-corrected chi connectivity index (χ3v) is 2.77. The van der Waals surface area contributed by atoms with Crippen molar-refractivity contribution in [3.8, 4) is 0 Å². The highest BCUT2D eigenvalue weighted by Gasteiger charge is 2.12. The van der Waals surface area contributed by atoms with E-state index in [1.807, 2.05) is 5.38 Å². The summed E-state index contributed by atoms with van der Waals surface area (Å²) < 4.78 is 0. The molecule has 0 aliphatic rings. The van der Waals surface area contributed by atoms with Gasteiger partial charge in [0.15, 0.2) is 0 Å². The average Bonchev–Trinajstić information content (AvgIpc) is 2.33. The van der Waals surface area contributed by atoms with Crippen molar-refractivity contribution in [3.05, 3.63) is 33.5 Å². The number of thiophene rings is 1. The minimum absolute atomic E-state index is 0.609. The van der Waals surface area contributed by atoms with Crippen molar-refractivity contribution in [2.75, 3.05) is 0 Å². The maximum atomic E-state index is 9.49. The lowest BCUT2D eigenvalue weighted by Gasteiger charge is -2.07. The van der Waals surface area contributed by atoms with Crippen LogP contribution in [0.15, 0.2) is 23.6 Å². The summed E-state index contributed by atoms with van der Waals surface area (Å²) in [6.07, 6.45) is -0.609. The van der Waals surface area contributed by atoms with E-state index in [1.54, 1.807) is 13.0 Å². The van der Waals surface area contributed by atoms with Crippen molar-refractivity contribution >= 4 is 22.9 Å². The first-order chi connectivity index (χ1) is 5.13. The molecule has 0 amide bonds. The minimum Gasteiger partial charge on any atom is -0.383 e. The topological polar surface area (TPSA) is 20.2 Å². The van der Waals surface area contributed by atoms with Crippen LogP contribution in [0.25, 0.3) is 0 Å². The van der Waals surface area contributed by atoms with Gasteiger partial charge in [0, 0.05) is 0 Å². The molecule has 1 rings (SSSR count). The summed E-state index contributed by atoms with van der Waals surface area (Å²) in [5, 5.41) is 12.0. The molecule has 0 radical (unpaired) electrons. The molecule has 1 atom stereocenters. The number of halogens is 1. The van der Waals surface area contributed by atoms with Crippen LogP contribution in [0.4, 0.5) is 0 Å². The Kier molecular flexibility index (Phi) is 2.71. The SMILES string of the molecule is C=C(C)C(O)c1sccc1Cl. The number of rotatable bonds is 2. The van der Waals surface area contributed by atoms with Crippen LogP contribution < -0.4 is 0 Å². The number of hydrogen-bond donors (Lipinski definition) is 1. The van der Waals surface area contributed by atoms with E-state index in [-0.39, 0.29) is 0 Å². The zero-order valence-electron chi connectivity index (χ0n) is 6.17. The van der Waals surface area contributed by atoms with Gasteiger partial charge in [-0.2, -0.15) is 0 Å². The van der Waals surface area contributed by atoms with Crippen molar-refractivity contribution in [2.45, 2.75) is 13.0 Å². The Morgan fingerprint density at radius 2 is 2.45 bits per heavy atom. The highest BCUT2D eigenvalue weighted by atomic mass is 35.5. The molecular formula is C8H9ClOS. The Morgan fingerprint density at radius 3 is 2.82 bits per heavy atom. The summed E-state index contributed by atoms with van der Waals surface area (Å²) >= 11 is 7.23. The molecule has 11 heavy (non-hydrogen) atoms. The molecule has 1 aromatic heterocycles. The lowest BCUT2D eigenvalue weighted by Crippen LogP contribution is -1.94. The van der Waals surface area contributed by atoms with Gasteiger partial charge >= 0.3 is 0 Å². The Balaban J connectivity index is 2.92. The van der Waals surface area contributed by atoms with Crippen molar-refractivity contribution in [1.82, 2.24) is 0 Å². The Hall–Kier alpha value is -0.310. The molecule has 0 saturated carbocycles. The van der Waals surface area contributed by atoms with Gasteiger partial charge in [-0.25, -0.2) is 0 Å². The summed E-state index contributed by atoms with van der Waals surface area (Å²) in [5.74, 6) is 0. The molecule has 1 nitrogen and oxygen atoms in total. The monoisotopic (exact) mass is 188 g/mol. The van der Waals surface area contributed by atoms with Gasteiger partial charge in [0.1, 0.15) is 6.10 Å². The molecule has 0 aromatic carbocycles. The molecule has 0 aliphatic carbocycles. The predicted octanol–water partition coefficient (Wildman–Crippen LogP) is 3.01. The normalized spacial score (nSPS) is 13.0. The summed E-state index contributed by atoms with van der Waals surface area (Å²) in [7, 11) is 0. The van der Waals surface area contributed by atoms with Crippen LogP contribution in [-0.2, 0) is 0 Å². The molecule has 3 heteroatoms. The Morgan fingerprint density at radius 1 is 1.82 bits per heavy atom. The Labute approximate surface area is 74.9 Å². The van der Waals surface area contributed by atoms with E-state index < -0.39 is 6.10 Å². The molecule has 1 unspecified atom stereocenters. The van der Waals surface area contributed by atoms with Crippen molar-refractivity contribution < 1.29 is 5.11 Å². The van der Waals surface area contributed by atoms with E-state index >= 15 is 0 Å². The highest BCUT2D eigenvalue weighted by molar-refractivity contribution is 7.10. The second-order valence-corrected chi connectivity index (χ2v) is 3.74.